The Labute approximate surface area is 128 Å². The number of hydrogen-bond acceptors (Lipinski definition) is 4. The van der Waals surface area contributed by atoms with Gasteiger partial charge in [-0.25, -0.2) is 0 Å². The molecule has 3 rings (SSSR count). The number of hydrogen-bond donors (Lipinski definition) is 0. The second-order valence-electron chi connectivity index (χ2n) is 4.97. The van der Waals surface area contributed by atoms with Crippen molar-refractivity contribution in [1.82, 2.24) is 5.06 Å². The third-order valence-electron chi connectivity index (χ3n) is 3.61. The van der Waals surface area contributed by atoms with Gasteiger partial charge in [-0.15, -0.1) is 5.06 Å². The van der Waals surface area contributed by atoms with E-state index in [4.69, 9.17) is 9.57 Å². The summed E-state index contributed by atoms with van der Waals surface area (Å²) in [7, 11) is 1.59. The van der Waals surface area contributed by atoms with Crippen molar-refractivity contribution in [3.8, 4) is 5.75 Å². The van der Waals surface area contributed by atoms with Crippen LogP contribution in [0.3, 0.4) is 0 Å². The first-order valence-electron chi connectivity index (χ1n) is 6.90. The van der Waals surface area contributed by atoms with Gasteiger partial charge in [0.1, 0.15) is 11.9 Å². The van der Waals surface area contributed by atoms with E-state index in [-0.39, 0.29) is 0 Å². The van der Waals surface area contributed by atoms with Gasteiger partial charge in [-0.2, -0.15) is 0 Å². The molecule has 2 amide bonds. The van der Waals surface area contributed by atoms with Gasteiger partial charge in [0, 0.05) is 0 Å². The van der Waals surface area contributed by atoms with E-state index in [1.165, 1.54) is 0 Å². The van der Waals surface area contributed by atoms with Gasteiger partial charge in [0.2, 0.25) is 0 Å². The average molecular weight is 297 g/mol. The number of benzene rings is 2. The molecule has 0 fully saturated rings. The molecule has 1 aliphatic rings. The number of amides is 2. The standard InChI is InChI=1S/C17H15NO4/c1-11(12-7-9-13(21-2)10-8-12)22-18-16(19)14-5-3-4-6-15(14)17(18)20/h3-11H,1-2H3. The molecule has 0 aliphatic carbocycles. The molecule has 5 nitrogen and oxygen atoms in total. The first kappa shape index (κ1) is 14.3. The van der Waals surface area contributed by atoms with Gasteiger partial charge in [-0.1, -0.05) is 24.3 Å². The lowest BCUT2D eigenvalue weighted by molar-refractivity contribution is -0.128. The number of carbonyl (C=O) groups is 2. The predicted octanol–water partition coefficient (Wildman–Crippen LogP) is 2.98. The zero-order valence-corrected chi connectivity index (χ0v) is 12.3. The van der Waals surface area contributed by atoms with Crippen LogP contribution in [0.5, 0.6) is 5.75 Å². The molecular formula is C17H15NO4. The lowest BCUT2D eigenvalue weighted by Gasteiger charge is -2.19. The molecule has 5 heteroatoms. The molecule has 0 aromatic heterocycles. The molecule has 2 aromatic rings. The summed E-state index contributed by atoms with van der Waals surface area (Å²) >= 11 is 0. The first-order valence-corrected chi connectivity index (χ1v) is 6.90. The molecule has 1 atom stereocenters. The summed E-state index contributed by atoms with van der Waals surface area (Å²) in [5, 5.41) is 0.833. The van der Waals surface area contributed by atoms with E-state index in [0.29, 0.717) is 11.1 Å². The zero-order chi connectivity index (χ0) is 15.7. The molecule has 0 radical (unpaired) electrons. The van der Waals surface area contributed by atoms with Crippen molar-refractivity contribution in [3.63, 3.8) is 0 Å². The molecule has 112 valence electrons. The highest BCUT2D eigenvalue weighted by molar-refractivity contribution is 6.20. The normalized spacial score (nSPS) is 14.9. The number of ether oxygens (including phenoxy) is 1. The van der Waals surface area contributed by atoms with Crippen molar-refractivity contribution < 1.29 is 19.2 Å². The van der Waals surface area contributed by atoms with Gasteiger partial charge in [0.05, 0.1) is 18.2 Å². The quantitative estimate of drug-likeness (QED) is 0.814. The molecule has 1 heterocycles. The van der Waals surface area contributed by atoms with Crippen molar-refractivity contribution in [1.29, 1.82) is 0 Å². The summed E-state index contributed by atoms with van der Waals surface area (Å²) in [4.78, 5) is 30.0. The van der Waals surface area contributed by atoms with E-state index in [1.54, 1.807) is 50.4 Å². The maximum absolute atomic E-state index is 12.2. The topological polar surface area (TPSA) is 55.8 Å². The number of hydroxylamine groups is 2. The molecule has 0 bridgehead atoms. The second kappa shape index (κ2) is 5.61. The smallest absolute Gasteiger partial charge is 0.285 e. The van der Waals surface area contributed by atoms with Crippen molar-refractivity contribution in [3.05, 3.63) is 65.2 Å². The highest BCUT2D eigenvalue weighted by Gasteiger charge is 2.37. The Bertz CT molecular complexity index is 689. The second-order valence-corrected chi connectivity index (χ2v) is 4.97. The van der Waals surface area contributed by atoms with Gasteiger partial charge < -0.3 is 4.74 Å². The van der Waals surface area contributed by atoms with Crippen molar-refractivity contribution in [2.45, 2.75) is 13.0 Å². The van der Waals surface area contributed by atoms with Gasteiger partial charge >= 0.3 is 0 Å². The van der Waals surface area contributed by atoms with Gasteiger partial charge in [-0.3, -0.25) is 14.4 Å². The van der Waals surface area contributed by atoms with E-state index < -0.39 is 17.9 Å². The summed E-state index contributed by atoms with van der Waals surface area (Å²) in [6.45, 7) is 1.78. The average Bonchev–Trinajstić information content (AvgIpc) is 2.80. The van der Waals surface area contributed by atoms with E-state index in [2.05, 4.69) is 0 Å². The van der Waals surface area contributed by atoms with Gasteiger partial charge in [0.15, 0.2) is 0 Å². The van der Waals surface area contributed by atoms with Crippen molar-refractivity contribution in [2.75, 3.05) is 7.11 Å². The van der Waals surface area contributed by atoms with Crippen LogP contribution in [0.4, 0.5) is 0 Å². The molecule has 2 aromatic carbocycles. The van der Waals surface area contributed by atoms with Crippen LogP contribution >= 0.6 is 0 Å². The minimum absolute atomic E-state index is 0.370. The molecule has 22 heavy (non-hydrogen) atoms. The molecule has 0 saturated carbocycles. The summed E-state index contributed by atoms with van der Waals surface area (Å²) in [6, 6.07) is 14.0. The molecular weight excluding hydrogens is 282 g/mol. The number of methoxy groups -OCH3 is 1. The Kier molecular flexibility index (Phi) is 3.65. The maximum Gasteiger partial charge on any atom is 0.285 e. The minimum Gasteiger partial charge on any atom is -0.497 e. The third kappa shape index (κ3) is 2.35. The summed E-state index contributed by atoms with van der Waals surface area (Å²) < 4.78 is 5.10. The molecule has 1 unspecified atom stereocenters. The highest BCUT2D eigenvalue weighted by Crippen LogP contribution is 2.27. The van der Waals surface area contributed by atoms with Crippen LogP contribution in [0, 0.1) is 0 Å². The Hall–Kier alpha value is -2.66. The number of rotatable bonds is 4. The SMILES string of the molecule is COc1ccc(C(C)ON2C(=O)c3ccccc3C2=O)cc1. The molecule has 0 saturated heterocycles. The fraction of sp³-hybridized carbons (Fsp3) is 0.176. The van der Waals surface area contributed by atoms with Crippen molar-refractivity contribution >= 4 is 11.8 Å². The van der Waals surface area contributed by atoms with Crippen LogP contribution in [-0.4, -0.2) is 24.0 Å². The zero-order valence-electron chi connectivity index (χ0n) is 12.3. The van der Waals surface area contributed by atoms with Crippen LogP contribution < -0.4 is 4.74 Å². The van der Waals surface area contributed by atoms with Crippen LogP contribution in [0.1, 0.15) is 39.3 Å². The largest absolute Gasteiger partial charge is 0.497 e. The van der Waals surface area contributed by atoms with E-state index in [0.717, 1.165) is 16.4 Å². The Morgan fingerprint density at radius 3 is 1.95 bits per heavy atom. The Morgan fingerprint density at radius 2 is 1.45 bits per heavy atom. The summed E-state index contributed by atoms with van der Waals surface area (Å²) in [5.41, 5.74) is 1.58. The number of fused-ring (bicyclic) bond motifs is 1. The summed E-state index contributed by atoms with van der Waals surface area (Å²) in [5.74, 6) is -0.126. The highest BCUT2D eigenvalue weighted by atomic mass is 16.7. The number of imide groups is 1. The first-order chi connectivity index (χ1) is 10.6. The fourth-order valence-corrected chi connectivity index (χ4v) is 2.36. The lowest BCUT2D eigenvalue weighted by atomic mass is 10.1. The lowest BCUT2D eigenvalue weighted by Crippen LogP contribution is -2.31. The Morgan fingerprint density at radius 1 is 0.909 bits per heavy atom. The van der Waals surface area contributed by atoms with Crippen LogP contribution in [-0.2, 0) is 4.84 Å². The number of carbonyl (C=O) groups excluding carboxylic acids is 2. The van der Waals surface area contributed by atoms with Gasteiger partial charge in [-0.05, 0) is 36.8 Å². The monoisotopic (exact) mass is 297 g/mol. The molecule has 0 N–H and O–H groups in total. The van der Waals surface area contributed by atoms with E-state index >= 15 is 0 Å². The maximum atomic E-state index is 12.2. The third-order valence-corrected chi connectivity index (χ3v) is 3.61. The Balaban J connectivity index is 1.79. The number of nitrogens with zero attached hydrogens (tertiary/aromatic N) is 1. The molecule has 0 spiro atoms. The van der Waals surface area contributed by atoms with Crippen LogP contribution in [0.25, 0.3) is 0 Å². The van der Waals surface area contributed by atoms with Crippen molar-refractivity contribution in [2.24, 2.45) is 0 Å². The fourth-order valence-electron chi connectivity index (χ4n) is 2.36. The van der Waals surface area contributed by atoms with Crippen LogP contribution in [0.15, 0.2) is 48.5 Å². The van der Waals surface area contributed by atoms with Crippen LogP contribution in [0.2, 0.25) is 0 Å². The van der Waals surface area contributed by atoms with E-state index in [1.807, 2.05) is 12.1 Å². The van der Waals surface area contributed by atoms with E-state index in [9.17, 15) is 9.59 Å². The van der Waals surface area contributed by atoms with Gasteiger partial charge in [0.25, 0.3) is 11.8 Å². The minimum atomic E-state index is -0.437. The summed E-state index contributed by atoms with van der Waals surface area (Å²) in [6.07, 6.45) is -0.437. The molecule has 1 aliphatic heterocycles. The predicted molar refractivity (Wildman–Crippen MR) is 79.4 cm³/mol.